The van der Waals surface area contributed by atoms with Gasteiger partial charge >= 0.3 is 12.1 Å². The normalized spacial score (nSPS) is 14.0. The Hall–Kier alpha value is -3.29. The van der Waals surface area contributed by atoms with Crippen LogP contribution in [0.2, 0.25) is 0 Å². The Morgan fingerprint density at radius 2 is 2.00 bits per heavy atom. The van der Waals surface area contributed by atoms with Crippen LogP contribution in [0.15, 0.2) is 34.7 Å². The van der Waals surface area contributed by atoms with Gasteiger partial charge in [-0.15, -0.1) is 0 Å². The number of fused-ring (bicyclic) bond motifs is 1. The number of carbonyl (C=O) groups excluding carboxylic acids is 3. The molecule has 0 fully saturated rings. The standard InChI is InChI=1S/C21H24N2O6/c1-12(2)28-21(26)22-16(20(25)27-4)11-15-7-8-18(29-15)14-6-5-13-10-19(24)23(3)17(13)9-14/h5-9,12,16H,10-11H2,1-4H3,(H,22,26). The summed E-state index contributed by atoms with van der Waals surface area (Å²) in [7, 11) is 3.00. The van der Waals surface area contributed by atoms with Crippen molar-refractivity contribution in [2.24, 2.45) is 0 Å². The maximum Gasteiger partial charge on any atom is 0.408 e. The molecule has 154 valence electrons. The molecule has 1 atom stereocenters. The summed E-state index contributed by atoms with van der Waals surface area (Å²) in [6.45, 7) is 3.43. The first-order valence-electron chi connectivity index (χ1n) is 9.32. The molecule has 0 bridgehead atoms. The topological polar surface area (TPSA) is 98.1 Å². The molecule has 0 saturated heterocycles. The van der Waals surface area contributed by atoms with Crippen molar-refractivity contribution in [1.82, 2.24) is 5.32 Å². The van der Waals surface area contributed by atoms with Gasteiger partial charge in [0.15, 0.2) is 0 Å². The number of likely N-dealkylation sites (N-methyl/N-ethyl adjacent to an activating group) is 1. The lowest BCUT2D eigenvalue weighted by Gasteiger charge is -2.16. The van der Waals surface area contributed by atoms with Crippen molar-refractivity contribution < 1.29 is 28.3 Å². The van der Waals surface area contributed by atoms with E-state index in [0.717, 1.165) is 16.8 Å². The Bertz CT molecular complexity index is 933. The zero-order valence-electron chi connectivity index (χ0n) is 16.9. The number of anilines is 1. The Labute approximate surface area is 168 Å². The summed E-state index contributed by atoms with van der Waals surface area (Å²) in [5.74, 6) is 0.563. The summed E-state index contributed by atoms with van der Waals surface area (Å²) in [6, 6.07) is 8.30. The van der Waals surface area contributed by atoms with Crippen LogP contribution in [0.1, 0.15) is 25.2 Å². The fourth-order valence-electron chi connectivity index (χ4n) is 3.16. The van der Waals surface area contributed by atoms with Gasteiger partial charge < -0.3 is 24.1 Å². The summed E-state index contributed by atoms with van der Waals surface area (Å²) in [4.78, 5) is 37.4. The van der Waals surface area contributed by atoms with E-state index in [1.807, 2.05) is 18.2 Å². The van der Waals surface area contributed by atoms with Gasteiger partial charge in [-0.1, -0.05) is 12.1 Å². The zero-order chi connectivity index (χ0) is 21.1. The summed E-state index contributed by atoms with van der Waals surface area (Å²) in [5, 5.41) is 2.50. The predicted molar refractivity (Wildman–Crippen MR) is 106 cm³/mol. The lowest BCUT2D eigenvalue weighted by Crippen LogP contribution is -2.43. The number of nitrogens with one attached hydrogen (secondary N) is 1. The number of hydrogen-bond acceptors (Lipinski definition) is 6. The number of rotatable bonds is 6. The monoisotopic (exact) mass is 400 g/mol. The van der Waals surface area contributed by atoms with Crippen molar-refractivity contribution in [2.75, 3.05) is 19.1 Å². The largest absolute Gasteiger partial charge is 0.467 e. The van der Waals surface area contributed by atoms with Crippen LogP contribution in [0.4, 0.5) is 10.5 Å². The van der Waals surface area contributed by atoms with Gasteiger partial charge in [0.05, 0.1) is 19.6 Å². The minimum atomic E-state index is -0.936. The molecule has 1 aliphatic rings. The molecule has 0 aliphatic carbocycles. The molecule has 0 radical (unpaired) electrons. The van der Waals surface area contributed by atoms with E-state index in [1.54, 1.807) is 37.9 Å². The van der Waals surface area contributed by atoms with Crippen molar-refractivity contribution in [2.45, 2.75) is 38.8 Å². The van der Waals surface area contributed by atoms with E-state index in [0.29, 0.717) is 17.9 Å². The van der Waals surface area contributed by atoms with Crippen LogP contribution < -0.4 is 10.2 Å². The van der Waals surface area contributed by atoms with E-state index in [4.69, 9.17) is 13.9 Å². The number of methoxy groups -OCH3 is 1. The second kappa shape index (κ2) is 8.38. The number of hydrogen-bond donors (Lipinski definition) is 1. The highest BCUT2D eigenvalue weighted by atomic mass is 16.6. The molecule has 1 N–H and O–H groups in total. The summed E-state index contributed by atoms with van der Waals surface area (Å²) in [6.07, 6.45) is -0.501. The third-order valence-corrected chi connectivity index (χ3v) is 4.63. The molecule has 8 nitrogen and oxygen atoms in total. The number of benzene rings is 1. The smallest absolute Gasteiger partial charge is 0.408 e. The molecule has 1 aliphatic heterocycles. The number of nitrogens with zero attached hydrogens (tertiary/aromatic N) is 1. The Balaban J connectivity index is 1.75. The van der Waals surface area contributed by atoms with Crippen molar-refractivity contribution in [3.8, 4) is 11.3 Å². The molecule has 2 heterocycles. The van der Waals surface area contributed by atoms with Crippen LogP contribution in [0.25, 0.3) is 11.3 Å². The second-order valence-electron chi connectivity index (χ2n) is 7.12. The van der Waals surface area contributed by atoms with Gasteiger partial charge in [0, 0.05) is 24.7 Å². The van der Waals surface area contributed by atoms with Crippen LogP contribution in [0, 0.1) is 0 Å². The fraction of sp³-hybridized carbons (Fsp3) is 0.381. The molecule has 29 heavy (non-hydrogen) atoms. The second-order valence-corrected chi connectivity index (χ2v) is 7.12. The third kappa shape index (κ3) is 4.59. The average Bonchev–Trinajstić information content (AvgIpc) is 3.24. The Kier molecular flexibility index (Phi) is 5.91. The SMILES string of the molecule is COC(=O)C(Cc1ccc(-c2ccc3c(c2)N(C)C(=O)C3)o1)NC(=O)OC(C)C. The van der Waals surface area contributed by atoms with Gasteiger partial charge in [0.1, 0.15) is 17.6 Å². The Morgan fingerprint density at radius 1 is 1.24 bits per heavy atom. The molecule has 8 heteroatoms. The number of esters is 1. The molecule has 1 unspecified atom stereocenters. The number of alkyl carbamates (subject to hydrolysis) is 1. The van der Waals surface area contributed by atoms with Gasteiger partial charge in [0.25, 0.3) is 0 Å². The summed E-state index contributed by atoms with van der Waals surface area (Å²) in [5.41, 5.74) is 2.65. The van der Waals surface area contributed by atoms with E-state index < -0.39 is 18.1 Å². The lowest BCUT2D eigenvalue weighted by atomic mass is 10.1. The first-order chi connectivity index (χ1) is 13.8. The van der Waals surface area contributed by atoms with Gasteiger partial charge in [-0.05, 0) is 37.6 Å². The highest BCUT2D eigenvalue weighted by Crippen LogP contribution is 2.33. The molecule has 2 aromatic rings. The maximum atomic E-state index is 12.0. The number of amides is 2. The van der Waals surface area contributed by atoms with E-state index >= 15 is 0 Å². The van der Waals surface area contributed by atoms with E-state index in [1.165, 1.54) is 7.11 Å². The van der Waals surface area contributed by atoms with Crippen molar-refractivity contribution in [1.29, 1.82) is 0 Å². The first-order valence-corrected chi connectivity index (χ1v) is 9.32. The van der Waals surface area contributed by atoms with Crippen LogP contribution in [-0.2, 0) is 31.9 Å². The van der Waals surface area contributed by atoms with Crippen molar-refractivity contribution in [3.05, 3.63) is 41.7 Å². The molecular weight excluding hydrogens is 376 g/mol. The highest BCUT2D eigenvalue weighted by molar-refractivity contribution is 6.01. The van der Waals surface area contributed by atoms with Gasteiger partial charge in [0.2, 0.25) is 5.91 Å². The van der Waals surface area contributed by atoms with Crippen LogP contribution in [0.5, 0.6) is 0 Å². The lowest BCUT2D eigenvalue weighted by molar-refractivity contribution is -0.143. The number of furan rings is 1. The quantitative estimate of drug-likeness (QED) is 0.749. The predicted octanol–water partition coefficient (Wildman–Crippen LogP) is 2.68. The summed E-state index contributed by atoms with van der Waals surface area (Å²) >= 11 is 0. The number of carbonyl (C=O) groups is 3. The van der Waals surface area contributed by atoms with Crippen LogP contribution in [-0.4, -0.2) is 44.3 Å². The first kappa shape index (κ1) is 20.4. The number of ether oxygens (including phenoxy) is 2. The average molecular weight is 400 g/mol. The molecule has 1 aromatic heterocycles. The van der Waals surface area contributed by atoms with Crippen molar-refractivity contribution >= 4 is 23.7 Å². The van der Waals surface area contributed by atoms with Crippen LogP contribution in [0.3, 0.4) is 0 Å². The minimum Gasteiger partial charge on any atom is -0.467 e. The fourth-order valence-corrected chi connectivity index (χ4v) is 3.16. The van der Waals surface area contributed by atoms with Crippen molar-refractivity contribution in [3.63, 3.8) is 0 Å². The zero-order valence-corrected chi connectivity index (χ0v) is 16.9. The Morgan fingerprint density at radius 3 is 2.69 bits per heavy atom. The van der Waals surface area contributed by atoms with E-state index in [2.05, 4.69) is 5.32 Å². The molecule has 0 spiro atoms. The van der Waals surface area contributed by atoms with Gasteiger partial charge in [-0.2, -0.15) is 0 Å². The van der Waals surface area contributed by atoms with Crippen LogP contribution >= 0.6 is 0 Å². The molecule has 1 aromatic carbocycles. The van der Waals surface area contributed by atoms with Gasteiger partial charge in [-0.3, -0.25) is 4.79 Å². The van der Waals surface area contributed by atoms with Gasteiger partial charge in [-0.25, -0.2) is 9.59 Å². The minimum absolute atomic E-state index is 0.0533. The molecule has 0 saturated carbocycles. The van der Waals surface area contributed by atoms with E-state index in [9.17, 15) is 14.4 Å². The molecular formula is C21H24N2O6. The molecule has 3 rings (SSSR count). The molecule has 2 amide bonds. The highest BCUT2D eigenvalue weighted by Gasteiger charge is 2.26. The third-order valence-electron chi connectivity index (χ3n) is 4.63. The summed E-state index contributed by atoms with van der Waals surface area (Å²) < 4.78 is 15.7. The van der Waals surface area contributed by atoms with E-state index in [-0.39, 0.29) is 18.4 Å². The maximum absolute atomic E-state index is 12.0.